The average Bonchev–Trinajstić information content (AvgIpc) is 3.53. The predicted molar refractivity (Wildman–Crippen MR) is 178 cm³/mol. The van der Waals surface area contributed by atoms with Gasteiger partial charge in [-0.05, 0) is 99.8 Å². The highest BCUT2D eigenvalue weighted by atomic mass is 19.1. The van der Waals surface area contributed by atoms with Crippen LogP contribution in [-0.2, 0) is 25.7 Å². The van der Waals surface area contributed by atoms with Gasteiger partial charge in [0.25, 0.3) is 0 Å². The number of ketones is 2. The quantitative estimate of drug-likeness (QED) is 0.310. The van der Waals surface area contributed by atoms with E-state index in [-0.39, 0.29) is 53.9 Å². The van der Waals surface area contributed by atoms with Crippen LogP contribution in [0.2, 0.25) is 0 Å². The van der Waals surface area contributed by atoms with Crippen molar-refractivity contribution in [3.63, 3.8) is 0 Å². The summed E-state index contributed by atoms with van der Waals surface area (Å²) in [7, 11) is 0. The molecule has 5 aliphatic rings. The molecule has 0 radical (unpaired) electrons. The van der Waals surface area contributed by atoms with Gasteiger partial charge in [-0.2, -0.15) is 0 Å². The zero-order valence-corrected chi connectivity index (χ0v) is 28.3. The third-order valence-electron chi connectivity index (χ3n) is 12.2. The maximum Gasteiger partial charge on any atom is 0.193 e. The number of aliphatic hydroxyl groups excluding tert-OH is 2. The lowest BCUT2D eigenvalue weighted by molar-refractivity contribution is -0.201. The molecule has 256 valence electrons. The van der Waals surface area contributed by atoms with Crippen LogP contribution < -0.4 is 10.1 Å². The summed E-state index contributed by atoms with van der Waals surface area (Å²) in [6.45, 7) is 9.33. The van der Waals surface area contributed by atoms with Crippen molar-refractivity contribution < 1.29 is 38.4 Å². The van der Waals surface area contributed by atoms with Crippen molar-refractivity contribution in [1.29, 1.82) is 0 Å². The van der Waals surface area contributed by atoms with E-state index in [0.29, 0.717) is 12.0 Å². The molecule has 1 heterocycles. The number of rotatable bonds is 8. The highest BCUT2D eigenvalue weighted by molar-refractivity contribution is 6.01. The Morgan fingerprint density at radius 2 is 2.00 bits per heavy atom. The van der Waals surface area contributed by atoms with E-state index in [2.05, 4.69) is 26.1 Å². The van der Waals surface area contributed by atoms with Crippen LogP contribution >= 0.6 is 0 Å². The van der Waals surface area contributed by atoms with Crippen LogP contribution in [-0.4, -0.2) is 52.2 Å². The largest absolute Gasteiger partial charge is 0.486 e. The summed E-state index contributed by atoms with van der Waals surface area (Å²) >= 11 is 0. The second-order valence-electron chi connectivity index (χ2n) is 15.2. The highest BCUT2D eigenvalue weighted by Gasteiger charge is 2.76. The molecule has 2 aromatic carbocycles. The molecule has 48 heavy (non-hydrogen) atoms. The molecule has 7 rings (SSSR count). The molecule has 9 heteroatoms. The number of carbonyl (C=O) groups excluding carboxylic acids is 2. The standard InChI is InChI=1S/C39H46FNO7/c1-21(2)41-25-8-6-7-23(15-25)20-46-30-12-9-22(3)33(35(30)40)36-47-32-17-28-27-11-10-24-16-26(43)13-14-37(24,4)34(27)29(44)18-38(28,5)39(32,48-36)31(45)19-42/h6-9,12-16,21,27-29,32,34,36,41-42,44H,10-11,17-20H2,1-5H3/t27-,28-,29-,32+,34+,36-,37-,38-,39+/m0/s1. The minimum absolute atomic E-state index is 0.0304. The van der Waals surface area contributed by atoms with E-state index in [1.54, 1.807) is 31.2 Å². The number of anilines is 1. The first-order valence-corrected chi connectivity index (χ1v) is 17.2. The van der Waals surface area contributed by atoms with Crippen LogP contribution in [0.4, 0.5) is 10.1 Å². The number of halogens is 1. The Morgan fingerprint density at radius 3 is 2.75 bits per heavy atom. The van der Waals surface area contributed by atoms with Gasteiger partial charge in [0.05, 0.1) is 17.8 Å². The smallest absolute Gasteiger partial charge is 0.193 e. The van der Waals surface area contributed by atoms with Crippen molar-refractivity contribution in [1.82, 2.24) is 0 Å². The van der Waals surface area contributed by atoms with Gasteiger partial charge in [0.15, 0.2) is 35.0 Å². The highest BCUT2D eigenvalue weighted by Crippen LogP contribution is 2.70. The molecule has 9 atom stereocenters. The van der Waals surface area contributed by atoms with Crippen LogP contribution in [0.3, 0.4) is 0 Å². The number of nitrogens with one attached hydrogen (secondary N) is 1. The molecule has 0 bridgehead atoms. The molecule has 3 N–H and O–H groups in total. The van der Waals surface area contributed by atoms with Gasteiger partial charge in [-0.25, -0.2) is 4.39 Å². The Labute approximate surface area is 281 Å². The van der Waals surface area contributed by atoms with Crippen molar-refractivity contribution in [2.75, 3.05) is 11.9 Å². The molecule has 0 amide bonds. The first-order valence-electron chi connectivity index (χ1n) is 17.2. The fourth-order valence-corrected chi connectivity index (χ4v) is 10.1. The number of carbonyl (C=O) groups is 2. The molecule has 0 aromatic heterocycles. The van der Waals surface area contributed by atoms with Crippen LogP contribution in [0.25, 0.3) is 0 Å². The van der Waals surface area contributed by atoms with Crippen LogP contribution in [0, 0.1) is 41.3 Å². The number of benzene rings is 2. The molecule has 8 nitrogen and oxygen atoms in total. The minimum atomic E-state index is -1.57. The first kappa shape index (κ1) is 33.1. The van der Waals surface area contributed by atoms with E-state index in [1.807, 2.05) is 37.3 Å². The second-order valence-corrected chi connectivity index (χ2v) is 15.2. The molecule has 0 spiro atoms. The predicted octanol–water partition coefficient (Wildman–Crippen LogP) is 6.14. The number of fused-ring (bicyclic) bond motifs is 7. The number of Topliss-reactive ketones (excluding diaryl/α,β-unsaturated/α-hetero) is 1. The van der Waals surface area contributed by atoms with E-state index >= 15 is 4.39 Å². The molecular formula is C39H46FNO7. The zero-order valence-electron chi connectivity index (χ0n) is 28.3. The van der Waals surface area contributed by atoms with Crippen molar-refractivity contribution in [3.8, 4) is 5.75 Å². The summed E-state index contributed by atoms with van der Waals surface area (Å²) in [5.41, 5.74) is 0.686. The van der Waals surface area contributed by atoms with Crippen molar-refractivity contribution in [2.45, 2.75) is 97.0 Å². The van der Waals surface area contributed by atoms with E-state index in [4.69, 9.17) is 14.2 Å². The van der Waals surface area contributed by atoms with Crippen molar-refractivity contribution in [2.24, 2.45) is 28.6 Å². The number of hydrogen-bond acceptors (Lipinski definition) is 8. The third-order valence-corrected chi connectivity index (χ3v) is 12.2. The Hall–Kier alpha value is -3.37. The van der Waals surface area contributed by atoms with Gasteiger partial charge in [0.2, 0.25) is 0 Å². The number of aryl methyl sites for hydroxylation is 1. The van der Waals surface area contributed by atoms with Crippen LogP contribution in [0.15, 0.2) is 60.2 Å². The lowest BCUT2D eigenvalue weighted by atomic mass is 9.46. The summed E-state index contributed by atoms with van der Waals surface area (Å²) in [4.78, 5) is 26.1. The summed E-state index contributed by atoms with van der Waals surface area (Å²) in [6.07, 6.45) is 4.72. The maximum atomic E-state index is 16.4. The lowest BCUT2D eigenvalue weighted by Crippen LogP contribution is -2.63. The van der Waals surface area contributed by atoms with Gasteiger partial charge in [0, 0.05) is 28.5 Å². The molecule has 1 saturated heterocycles. The number of ether oxygens (including phenoxy) is 3. The number of hydrogen-bond donors (Lipinski definition) is 3. The Balaban J connectivity index is 1.18. The van der Waals surface area contributed by atoms with E-state index in [0.717, 1.165) is 29.7 Å². The summed E-state index contributed by atoms with van der Waals surface area (Å²) in [5, 5.41) is 25.6. The van der Waals surface area contributed by atoms with E-state index in [1.165, 1.54) is 0 Å². The van der Waals surface area contributed by atoms with Gasteiger partial charge < -0.3 is 29.7 Å². The number of allylic oxidation sites excluding steroid dienone is 4. The summed E-state index contributed by atoms with van der Waals surface area (Å²) < 4.78 is 35.5. The summed E-state index contributed by atoms with van der Waals surface area (Å²) in [5.74, 6) is -1.30. The van der Waals surface area contributed by atoms with Gasteiger partial charge in [-0.3, -0.25) is 9.59 Å². The minimum Gasteiger partial charge on any atom is -0.486 e. The van der Waals surface area contributed by atoms with Gasteiger partial charge >= 0.3 is 0 Å². The molecule has 0 unspecified atom stereocenters. The van der Waals surface area contributed by atoms with Gasteiger partial charge in [-0.15, -0.1) is 0 Å². The van der Waals surface area contributed by atoms with Crippen LogP contribution in [0.5, 0.6) is 5.75 Å². The van der Waals surface area contributed by atoms with Crippen LogP contribution in [0.1, 0.15) is 76.4 Å². The Kier molecular flexibility index (Phi) is 8.22. The van der Waals surface area contributed by atoms with E-state index in [9.17, 15) is 19.8 Å². The van der Waals surface area contributed by atoms with Crippen molar-refractivity contribution >= 4 is 17.3 Å². The molecule has 1 aliphatic heterocycles. The van der Waals surface area contributed by atoms with Gasteiger partial charge in [0.1, 0.15) is 13.2 Å². The Bertz CT molecular complexity index is 1700. The molecule has 4 aliphatic carbocycles. The third kappa shape index (κ3) is 4.91. The van der Waals surface area contributed by atoms with E-state index < -0.39 is 53.1 Å². The zero-order chi connectivity index (χ0) is 34.2. The number of aliphatic hydroxyl groups is 2. The topological polar surface area (TPSA) is 114 Å². The molecule has 2 aromatic rings. The fraction of sp³-hybridized carbons (Fsp3) is 0.538. The normalized spacial score (nSPS) is 36.6. The fourth-order valence-electron chi connectivity index (χ4n) is 10.1. The Morgan fingerprint density at radius 1 is 1.21 bits per heavy atom. The maximum absolute atomic E-state index is 16.4. The second kappa shape index (κ2) is 11.9. The molecule has 3 saturated carbocycles. The lowest BCUT2D eigenvalue weighted by Gasteiger charge is -2.59. The SMILES string of the molecule is Cc1ccc(OCc2cccc(NC(C)C)c2)c(F)c1[C@H]1O[C@@H]2C[C@H]3[C@@H]4CCC5=CC(=O)C=C[C@]5(C)[C@H]4[C@@H](O)C[C@]3(C)[C@]2(C(=O)CO)O1. The molecular weight excluding hydrogens is 613 g/mol. The monoisotopic (exact) mass is 659 g/mol. The molecule has 4 fully saturated rings. The first-order chi connectivity index (χ1) is 22.8. The average molecular weight is 660 g/mol. The van der Waals surface area contributed by atoms with Gasteiger partial charge in [-0.1, -0.05) is 43.7 Å². The summed E-state index contributed by atoms with van der Waals surface area (Å²) in [6, 6.07) is 11.4. The van der Waals surface area contributed by atoms with Crippen molar-refractivity contribution in [3.05, 3.63) is 82.7 Å².